The highest BCUT2D eigenvalue weighted by Gasteiger charge is 2.29. The van der Waals surface area contributed by atoms with Crippen LogP contribution in [-0.4, -0.2) is 17.4 Å². The number of hydrogen-bond donors (Lipinski definition) is 1. The summed E-state index contributed by atoms with van der Waals surface area (Å²) < 4.78 is 34.6. The summed E-state index contributed by atoms with van der Waals surface area (Å²) in [5, 5.41) is 9.37. The van der Waals surface area contributed by atoms with Crippen molar-refractivity contribution in [1.82, 2.24) is 0 Å². The van der Waals surface area contributed by atoms with Crippen molar-refractivity contribution in [3.05, 3.63) is 33.9 Å². The Hall–Kier alpha value is -1.69. The van der Waals surface area contributed by atoms with E-state index < -0.39 is 17.9 Å². The summed E-state index contributed by atoms with van der Waals surface area (Å²) in [7, 11) is 0. The lowest BCUT2D eigenvalue weighted by atomic mass is 9.86. The zero-order valence-electron chi connectivity index (χ0n) is 11.6. The lowest BCUT2D eigenvalue weighted by molar-refractivity contribution is -0.134. The summed E-state index contributed by atoms with van der Waals surface area (Å²) in [5.41, 5.74) is 0.668. The molecule has 1 aliphatic rings. The molecule has 0 aromatic heterocycles. The van der Waals surface area contributed by atoms with E-state index in [0.717, 1.165) is 5.56 Å². The maximum Gasteiger partial charge on any atom is 0.338 e. The average Bonchev–Trinajstić information content (AvgIpc) is 2.38. The third-order valence-electron chi connectivity index (χ3n) is 2.94. The predicted molar refractivity (Wildman–Crippen MR) is 73.5 cm³/mol. The number of aliphatic carboxylic acids is 1. The van der Waals surface area contributed by atoms with E-state index in [1.54, 1.807) is 12.1 Å². The Morgan fingerprint density at radius 1 is 1.33 bits per heavy atom. The lowest BCUT2D eigenvalue weighted by Crippen LogP contribution is -2.23. The molecule has 1 unspecified atom stereocenters. The van der Waals surface area contributed by atoms with Gasteiger partial charge in [0.1, 0.15) is 11.3 Å². The van der Waals surface area contributed by atoms with Gasteiger partial charge in [0.05, 0.1) is 0 Å². The molecule has 116 valence electrons. The van der Waals surface area contributed by atoms with E-state index in [0.29, 0.717) is 16.3 Å². The highest BCUT2D eigenvalue weighted by molar-refractivity contribution is 6.31. The number of carbonyl (C=O) groups is 1. The lowest BCUT2D eigenvalue weighted by Gasteiger charge is -2.25. The summed E-state index contributed by atoms with van der Waals surface area (Å²) in [6.45, 7) is 5.94. The Morgan fingerprint density at radius 3 is 2.38 bits per heavy atom. The van der Waals surface area contributed by atoms with E-state index in [2.05, 4.69) is 0 Å². The second-order valence-electron chi connectivity index (χ2n) is 5.46. The number of hydrogen-bond acceptors (Lipinski definition) is 2. The van der Waals surface area contributed by atoms with Gasteiger partial charge in [0, 0.05) is 19.7 Å². The zero-order chi connectivity index (χ0) is 16.4. The van der Waals surface area contributed by atoms with E-state index >= 15 is 0 Å². The fraction of sp³-hybridized carbons (Fsp3) is 0.357. The third-order valence-corrected chi connectivity index (χ3v) is 3.25. The normalized spacial score (nSPS) is 16.9. The highest BCUT2D eigenvalue weighted by Crippen LogP contribution is 2.38. The number of alkyl halides is 1. The summed E-state index contributed by atoms with van der Waals surface area (Å²) >= 11 is 6.18. The summed E-state index contributed by atoms with van der Waals surface area (Å²) in [4.78, 5) is 10.9. The second-order valence-corrected chi connectivity index (χ2v) is 5.87. The van der Waals surface area contributed by atoms with Gasteiger partial charge in [0.2, 0.25) is 0 Å². The molecule has 1 aliphatic heterocycles. The van der Waals surface area contributed by atoms with Crippen molar-refractivity contribution < 1.29 is 28.2 Å². The van der Waals surface area contributed by atoms with Gasteiger partial charge >= 0.3 is 5.97 Å². The van der Waals surface area contributed by atoms with Crippen LogP contribution < -0.4 is 4.74 Å². The van der Waals surface area contributed by atoms with Gasteiger partial charge in [-0.25, -0.2) is 4.79 Å². The van der Waals surface area contributed by atoms with Crippen LogP contribution in [0.5, 0.6) is 5.75 Å². The van der Waals surface area contributed by atoms with Crippen LogP contribution in [0.1, 0.15) is 31.9 Å². The Balaban J connectivity index is 0.00000106. The molecule has 3 nitrogen and oxygen atoms in total. The second kappa shape index (κ2) is 6.39. The first-order chi connectivity index (χ1) is 9.70. The number of rotatable bonds is 1. The number of ether oxygens (including phenoxy) is 1. The van der Waals surface area contributed by atoms with Crippen LogP contribution in [0.15, 0.2) is 17.7 Å². The minimum atomic E-state index is -1.96. The molecule has 0 amide bonds. The van der Waals surface area contributed by atoms with Gasteiger partial charge in [-0.3, -0.25) is 0 Å². The largest absolute Gasteiger partial charge is 0.478 e. The van der Waals surface area contributed by atoms with Gasteiger partial charge in [-0.15, -0.1) is 0 Å². The molecule has 0 aliphatic carbocycles. The summed E-state index contributed by atoms with van der Waals surface area (Å²) in [6.07, 6.45) is -0.705. The fourth-order valence-electron chi connectivity index (χ4n) is 1.93. The smallest absolute Gasteiger partial charge is 0.338 e. The number of carboxylic acid groups (broad SMARTS) is 1. The minimum Gasteiger partial charge on any atom is -0.478 e. The van der Waals surface area contributed by atoms with Crippen LogP contribution in [0.2, 0.25) is 5.02 Å². The molecular weight excluding hydrogens is 309 g/mol. The molecule has 1 heterocycles. The maximum absolute atomic E-state index is 13.6. The van der Waals surface area contributed by atoms with Crippen LogP contribution >= 0.6 is 11.6 Å². The zero-order valence-corrected chi connectivity index (χ0v) is 12.3. The molecule has 21 heavy (non-hydrogen) atoms. The van der Waals surface area contributed by atoms with Gasteiger partial charge in [-0.2, -0.15) is 4.39 Å². The standard InChI is InChI=1S/C14H14ClFO3.F2/c1-14(2,3)9-6-11-7(5-10(9)15)4-8(13(17)18)12(16)19-11;1-2/h4-6,12H,1-3H3,(H,17,18);. The number of benzene rings is 1. The van der Waals surface area contributed by atoms with Gasteiger partial charge in [0.25, 0.3) is 6.36 Å². The third kappa shape index (κ3) is 3.69. The van der Waals surface area contributed by atoms with Gasteiger partial charge in [-0.05, 0) is 29.2 Å². The minimum absolute atomic E-state index is 0.210. The van der Waals surface area contributed by atoms with Gasteiger partial charge in [0.15, 0.2) is 0 Å². The van der Waals surface area contributed by atoms with Crippen molar-refractivity contribution in [2.75, 3.05) is 0 Å². The van der Waals surface area contributed by atoms with E-state index in [1.165, 1.54) is 6.08 Å². The quantitative estimate of drug-likeness (QED) is 0.819. The first-order valence-corrected chi connectivity index (χ1v) is 6.32. The molecule has 2 rings (SSSR count). The van der Waals surface area contributed by atoms with Crippen LogP contribution in [0.3, 0.4) is 0 Å². The predicted octanol–water partition coefficient (Wildman–Crippen LogP) is 4.63. The molecule has 1 aromatic rings. The highest BCUT2D eigenvalue weighted by atomic mass is 35.5. The van der Waals surface area contributed by atoms with Crippen molar-refractivity contribution >= 4 is 23.6 Å². The van der Waals surface area contributed by atoms with Crippen molar-refractivity contribution in [1.29, 1.82) is 0 Å². The van der Waals surface area contributed by atoms with Crippen LogP contribution in [-0.2, 0) is 10.2 Å². The Kier molecular flexibility index (Phi) is 5.28. The Labute approximate surface area is 124 Å². The van der Waals surface area contributed by atoms with Crippen LogP contribution in [0.4, 0.5) is 13.5 Å². The van der Waals surface area contributed by atoms with Crippen LogP contribution in [0, 0.1) is 0 Å². The van der Waals surface area contributed by atoms with Crippen molar-refractivity contribution in [2.24, 2.45) is 0 Å². The van der Waals surface area contributed by atoms with Gasteiger partial charge in [-0.1, -0.05) is 32.4 Å². The molecule has 1 N–H and O–H groups in total. The Morgan fingerprint density at radius 2 is 1.90 bits per heavy atom. The average molecular weight is 323 g/mol. The van der Waals surface area contributed by atoms with E-state index in [-0.39, 0.29) is 5.41 Å². The summed E-state index contributed by atoms with van der Waals surface area (Å²) in [6, 6.07) is 3.27. The molecule has 7 heteroatoms. The SMILES string of the molecule is CC(C)(C)c1cc2c(cc1Cl)C=C(C(=O)O)C(F)O2.FF. The topological polar surface area (TPSA) is 46.5 Å². The number of halogens is 4. The first-order valence-electron chi connectivity index (χ1n) is 5.94. The van der Waals surface area contributed by atoms with E-state index in [9.17, 15) is 9.18 Å². The van der Waals surface area contributed by atoms with Crippen molar-refractivity contribution in [3.63, 3.8) is 0 Å². The van der Waals surface area contributed by atoms with E-state index in [4.69, 9.17) is 30.6 Å². The molecule has 1 aromatic carbocycles. The van der Waals surface area contributed by atoms with Crippen molar-refractivity contribution in [2.45, 2.75) is 32.5 Å². The maximum atomic E-state index is 13.6. The monoisotopic (exact) mass is 322 g/mol. The van der Waals surface area contributed by atoms with Crippen molar-refractivity contribution in [3.8, 4) is 5.75 Å². The van der Waals surface area contributed by atoms with Crippen LogP contribution in [0.25, 0.3) is 6.08 Å². The molecular formula is C14H14ClF3O3. The number of fused-ring (bicyclic) bond motifs is 1. The van der Waals surface area contributed by atoms with E-state index in [1.807, 2.05) is 20.8 Å². The molecule has 0 saturated heterocycles. The Bertz CT molecular complexity index is 580. The number of carboxylic acids is 1. The molecule has 0 fully saturated rings. The van der Waals surface area contributed by atoms with Gasteiger partial charge < -0.3 is 9.84 Å². The fourth-order valence-corrected chi connectivity index (χ4v) is 2.38. The molecule has 0 radical (unpaired) electrons. The molecule has 1 atom stereocenters. The first kappa shape index (κ1) is 17.4. The summed E-state index contributed by atoms with van der Waals surface area (Å²) in [5.74, 6) is -1.03. The molecule has 0 spiro atoms. The molecule has 0 saturated carbocycles. The molecule has 0 bridgehead atoms.